The number of hydrogen-bond donors (Lipinski definition) is 0. The number of rotatable bonds is 9. The average molecular weight is 881 g/mol. The Bertz CT molecular complexity index is 3860. The van der Waals surface area contributed by atoms with Gasteiger partial charge in [0.05, 0.1) is 11.0 Å². The first kappa shape index (κ1) is 40.1. The van der Waals surface area contributed by atoms with E-state index in [0.29, 0.717) is 0 Å². The van der Waals surface area contributed by atoms with E-state index < -0.39 is 0 Å². The Morgan fingerprint density at radius 2 is 0.696 bits per heavy atom. The highest BCUT2D eigenvalue weighted by atomic mass is 16.3. The van der Waals surface area contributed by atoms with E-state index in [9.17, 15) is 0 Å². The Kier molecular flexibility index (Phi) is 9.84. The first-order valence-corrected chi connectivity index (χ1v) is 23.6. The van der Waals surface area contributed by atoms with Crippen LogP contribution in [0.3, 0.4) is 0 Å². The van der Waals surface area contributed by atoms with Crippen molar-refractivity contribution in [2.45, 2.75) is 0 Å². The van der Waals surface area contributed by atoms with Gasteiger partial charge < -0.3 is 13.9 Å². The van der Waals surface area contributed by atoms with Crippen molar-refractivity contribution in [3.05, 3.63) is 267 Å². The second-order valence-corrected chi connectivity index (χ2v) is 17.7. The number of anilines is 3. The van der Waals surface area contributed by atoms with Crippen molar-refractivity contribution in [2.75, 3.05) is 4.90 Å². The Hall–Kier alpha value is -9.18. The molecule has 2 heterocycles. The van der Waals surface area contributed by atoms with Crippen molar-refractivity contribution >= 4 is 60.8 Å². The van der Waals surface area contributed by atoms with E-state index in [1.165, 1.54) is 60.8 Å². The van der Waals surface area contributed by atoms with Crippen LogP contribution in [-0.4, -0.2) is 4.57 Å². The second-order valence-electron chi connectivity index (χ2n) is 17.7. The van der Waals surface area contributed by atoms with Crippen LogP contribution in [0.2, 0.25) is 0 Å². The molecule has 2 aromatic heterocycles. The zero-order valence-corrected chi connectivity index (χ0v) is 37.7. The molecule has 0 bridgehead atoms. The molecule has 324 valence electrons. The third kappa shape index (κ3) is 7.25. The molecule has 3 nitrogen and oxygen atoms in total. The number of nitrogens with zero attached hydrogens (tertiary/aromatic N) is 2. The molecular formula is C66H44N2O. The smallest absolute Gasteiger partial charge is 0.143 e. The third-order valence-corrected chi connectivity index (χ3v) is 13.7. The highest BCUT2D eigenvalue weighted by Crippen LogP contribution is 2.41. The standard InChI is InChI=1S/C66H44N2O/c1-3-12-45(13-4-1)47-26-35-54(36-27-47)67(55-37-28-48(29-38-55)46-14-5-2-6-15-46)56-39-30-49(31-40-56)50-32-41-57(42-33-50)68-63-20-9-7-16-59(63)62-44-53(34-43-64(62)68)51-22-24-52(25-23-51)58-18-11-19-61-60-17-8-10-21-65(60)69-66(58)61/h1-44H. The fourth-order valence-corrected chi connectivity index (χ4v) is 10.2. The molecule has 0 aliphatic carbocycles. The summed E-state index contributed by atoms with van der Waals surface area (Å²) in [4.78, 5) is 2.34. The number of hydrogen-bond acceptors (Lipinski definition) is 2. The molecule has 0 amide bonds. The number of aromatic nitrogens is 1. The summed E-state index contributed by atoms with van der Waals surface area (Å²) in [6.45, 7) is 0. The van der Waals surface area contributed by atoms with Crippen LogP contribution in [0, 0.1) is 0 Å². The maximum Gasteiger partial charge on any atom is 0.143 e. The van der Waals surface area contributed by atoms with E-state index in [4.69, 9.17) is 4.42 Å². The minimum Gasteiger partial charge on any atom is -0.455 e. The quantitative estimate of drug-likeness (QED) is 0.144. The third-order valence-electron chi connectivity index (χ3n) is 13.7. The van der Waals surface area contributed by atoms with Gasteiger partial charge in [0, 0.05) is 49.9 Å². The lowest BCUT2D eigenvalue weighted by atomic mass is 9.98. The summed E-state index contributed by atoms with van der Waals surface area (Å²) in [6.07, 6.45) is 0. The lowest BCUT2D eigenvalue weighted by Gasteiger charge is -2.26. The number of fused-ring (bicyclic) bond motifs is 6. The van der Waals surface area contributed by atoms with E-state index in [1.54, 1.807) is 0 Å². The van der Waals surface area contributed by atoms with Gasteiger partial charge in [0.15, 0.2) is 0 Å². The summed E-state index contributed by atoms with van der Waals surface area (Å²) < 4.78 is 8.76. The SMILES string of the molecule is c1ccc(-c2ccc(N(c3ccc(-c4ccccc4)cc3)c3ccc(-c4ccc(-n5c6ccccc6c6cc(-c7ccc(-c8cccc9c8oc8ccccc89)cc7)ccc65)cc4)cc3)cc2)cc1. The molecule has 13 rings (SSSR count). The van der Waals surface area contributed by atoms with E-state index in [-0.39, 0.29) is 0 Å². The maximum absolute atomic E-state index is 6.37. The highest BCUT2D eigenvalue weighted by molar-refractivity contribution is 6.11. The normalized spacial score (nSPS) is 11.5. The number of para-hydroxylation sites is 3. The summed E-state index contributed by atoms with van der Waals surface area (Å²) in [7, 11) is 0. The largest absolute Gasteiger partial charge is 0.455 e. The Morgan fingerprint density at radius 3 is 1.29 bits per heavy atom. The molecule has 0 fully saturated rings. The summed E-state index contributed by atoms with van der Waals surface area (Å²) in [5.41, 5.74) is 20.4. The molecular weight excluding hydrogens is 837 g/mol. The van der Waals surface area contributed by atoms with Crippen molar-refractivity contribution in [1.29, 1.82) is 0 Å². The van der Waals surface area contributed by atoms with Gasteiger partial charge in [0.1, 0.15) is 11.2 Å². The highest BCUT2D eigenvalue weighted by Gasteiger charge is 2.17. The van der Waals surface area contributed by atoms with Gasteiger partial charge in [-0.1, -0.05) is 194 Å². The predicted molar refractivity (Wildman–Crippen MR) is 290 cm³/mol. The van der Waals surface area contributed by atoms with Crippen LogP contribution in [0.1, 0.15) is 0 Å². The fraction of sp³-hybridized carbons (Fsp3) is 0. The van der Waals surface area contributed by atoms with Crippen LogP contribution in [0.15, 0.2) is 271 Å². The van der Waals surface area contributed by atoms with Gasteiger partial charge in [0.2, 0.25) is 0 Å². The van der Waals surface area contributed by atoms with E-state index in [2.05, 4.69) is 264 Å². The van der Waals surface area contributed by atoms with Crippen molar-refractivity contribution < 1.29 is 4.42 Å². The monoisotopic (exact) mass is 880 g/mol. The van der Waals surface area contributed by atoms with Gasteiger partial charge in [-0.05, 0) is 123 Å². The molecule has 0 N–H and O–H groups in total. The average Bonchev–Trinajstić information content (AvgIpc) is 3.98. The van der Waals surface area contributed by atoms with Crippen molar-refractivity contribution in [2.24, 2.45) is 0 Å². The molecule has 0 radical (unpaired) electrons. The summed E-state index contributed by atoms with van der Waals surface area (Å²) >= 11 is 0. The van der Waals surface area contributed by atoms with Gasteiger partial charge in [-0.3, -0.25) is 0 Å². The minimum atomic E-state index is 0.914. The first-order valence-electron chi connectivity index (χ1n) is 23.6. The number of benzene rings is 11. The summed E-state index contributed by atoms with van der Waals surface area (Å²) in [5, 5.41) is 4.75. The topological polar surface area (TPSA) is 21.3 Å². The lowest BCUT2D eigenvalue weighted by molar-refractivity contribution is 0.670. The van der Waals surface area contributed by atoms with E-state index in [1.807, 2.05) is 12.1 Å². The van der Waals surface area contributed by atoms with Crippen molar-refractivity contribution in [1.82, 2.24) is 4.57 Å². The van der Waals surface area contributed by atoms with Gasteiger partial charge in [-0.2, -0.15) is 0 Å². The molecule has 69 heavy (non-hydrogen) atoms. The van der Waals surface area contributed by atoms with Crippen LogP contribution in [0.5, 0.6) is 0 Å². The maximum atomic E-state index is 6.37. The molecule has 3 heteroatoms. The molecule has 0 atom stereocenters. The zero-order valence-electron chi connectivity index (χ0n) is 37.7. The number of furan rings is 1. The fourth-order valence-electron chi connectivity index (χ4n) is 10.2. The minimum absolute atomic E-state index is 0.914. The molecule has 0 spiro atoms. The first-order chi connectivity index (χ1) is 34.2. The molecule has 0 saturated carbocycles. The summed E-state index contributed by atoms with van der Waals surface area (Å²) in [6, 6.07) is 96.0. The van der Waals surface area contributed by atoms with Gasteiger partial charge in [0.25, 0.3) is 0 Å². The molecule has 0 aliphatic rings. The van der Waals surface area contributed by atoms with Crippen LogP contribution < -0.4 is 4.90 Å². The second kappa shape index (κ2) is 16.9. The van der Waals surface area contributed by atoms with Crippen LogP contribution in [0.4, 0.5) is 17.1 Å². The van der Waals surface area contributed by atoms with Gasteiger partial charge in [-0.15, -0.1) is 0 Å². The Balaban J connectivity index is 0.798. The van der Waals surface area contributed by atoms with Gasteiger partial charge in [-0.25, -0.2) is 0 Å². The van der Waals surface area contributed by atoms with E-state index >= 15 is 0 Å². The Morgan fingerprint density at radius 1 is 0.275 bits per heavy atom. The predicted octanol–water partition coefficient (Wildman–Crippen LogP) is 18.5. The molecule has 0 unspecified atom stereocenters. The Labute approximate surface area is 401 Å². The molecule has 11 aromatic carbocycles. The van der Waals surface area contributed by atoms with Crippen LogP contribution in [-0.2, 0) is 0 Å². The zero-order chi connectivity index (χ0) is 45.7. The molecule has 13 aromatic rings. The van der Waals surface area contributed by atoms with Crippen LogP contribution >= 0.6 is 0 Å². The molecule has 0 aliphatic heterocycles. The van der Waals surface area contributed by atoms with Crippen molar-refractivity contribution in [3.8, 4) is 61.3 Å². The molecule has 0 saturated heterocycles. The van der Waals surface area contributed by atoms with Gasteiger partial charge >= 0.3 is 0 Å². The van der Waals surface area contributed by atoms with Crippen molar-refractivity contribution in [3.63, 3.8) is 0 Å². The summed E-state index contributed by atoms with van der Waals surface area (Å²) in [5.74, 6) is 0. The van der Waals surface area contributed by atoms with Crippen LogP contribution in [0.25, 0.3) is 105 Å². The van der Waals surface area contributed by atoms with E-state index in [0.717, 1.165) is 61.4 Å². The lowest BCUT2D eigenvalue weighted by Crippen LogP contribution is -2.09.